The van der Waals surface area contributed by atoms with Crippen molar-refractivity contribution in [2.45, 2.75) is 12.8 Å². The molecule has 0 aromatic heterocycles. The lowest BCUT2D eigenvalue weighted by atomic mass is 10.0. The third-order valence-corrected chi connectivity index (χ3v) is 4.20. The van der Waals surface area contributed by atoms with Crippen molar-refractivity contribution in [2.24, 2.45) is 0 Å². The van der Waals surface area contributed by atoms with Gasteiger partial charge in [0, 0.05) is 6.08 Å². The molecular formula is C20H20IO4+. The fraction of sp³-hybridized carbons (Fsp3) is 0.200. The molecule has 0 spiro atoms. The zero-order valence-electron chi connectivity index (χ0n) is 13.8. The van der Waals surface area contributed by atoms with Crippen molar-refractivity contribution >= 4 is 9.76 Å². The van der Waals surface area contributed by atoms with E-state index in [-0.39, 0.29) is 3.79 Å². The predicted molar refractivity (Wildman–Crippen MR) is 93.5 cm³/mol. The largest absolute Gasteiger partial charge is 0.494 e. The lowest BCUT2D eigenvalue weighted by Gasteiger charge is -2.08. The molecule has 4 nitrogen and oxygen atoms in total. The molecule has 2 aromatic carbocycles. The molecule has 0 fully saturated rings. The van der Waals surface area contributed by atoms with Crippen LogP contribution in [-0.2, 0) is 9.53 Å². The average Bonchev–Trinajstić information content (AvgIpc) is 2.65. The number of esters is 1. The minimum Gasteiger partial charge on any atom is -0.494 e. The van der Waals surface area contributed by atoms with Gasteiger partial charge in [-0.1, -0.05) is 30.8 Å². The number of unbranched alkanes of at least 4 members (excludes halogenated alkanes) is 1. The fourth-order valence-electron chi connectivity index (χ4n) is 2.17. The first-order valence-corrected chi connectivity index (χ1v) is 9.10. The van der Waals surface area contributed by atoms with Crippen LogP contribution in [0.2, 0.25) is 0 Å². The van der Waals surface area contributed by atoms with Crippen molar-refractivity contribution in [1.29, 1.82) is 0 Å². The van der Waals surface area contributed by atoms with Gasteiger partial charge in [-0.15, -0.1) is 0 Å². The van der Waals surface area contributed by atoms with Gasteiger partial charge in [-0.05, 0) is 48.2 Å². The van der Waals surface area contributed by atoms with Crippen molar-refractivity contribution in [3.63, 3.8) is 0 Å². The molecule has 130 valence electrons. The number of ether oxygens (including phenoxy) is 2. The van der Waals surface area contributed by atoms with Gasteiger partial charge in [-0.3, -0.25) is 0 Å². The van der Waals surface area contributed by atoms with Crippen molar-refractivity contribution in [2.75, 3.05) is 13.2 Å². The van der Waals surface area contributed by atoms with E-state index in [1.54, 1.807) is 0 Å². The number of hydrogen-bond donors (Lipinski definition) is 0. The quantitative estimate of drug-likeness (QED) is 0.185. The second kappa shape index (κ2) is 9.98. The lowest BCUT2D eigenvalue weighted by molar-refractivity contribution is -0.255. The Morgan fingerprint density at radius 2 is 1.48 bits per heavy atom. The van der Waals surface area contributed by atoms with E-state index in [0.717, 1.165) is 35.8 Å². The van der Waals surface area contributed by atoms with Crippen molar-refractivity contribution < 1.29 is 41.7 Å². The average molecular weight is 451 g/mol. The summed E-state index contributed by atoms with van der Waals surface area (Å²) in [4.78, 5) is 22.2. The zero-order valence-corrected chi connectivity index (χ0v) is 16.1. The van der Waals surface area contributed by atoms with E-state index in [4.69, 9.17) is 9.47 Å². The molecule has 0 bridgehead atoms. The van der Waals surface area contributed by atoms with Gasteiger partial charge in [0.15, 0.2) is 0 Å². The second-order valence-corrected chi connectivity index (χ2v) is 6.37. The molecule has 0 saturated heterocycles. The normalized spacial score (nSPS) is 10.1. The van der Waals surface area contributed by atoms with Crippen LogP contribution in [0.3, 0.4) is 0 Å². The Morgan fingerprint density at radius 1 is 0.920 bits per heavy atom. The first kappa shape index (κ1) is 19.2. The van der Waals surface area contributed by atoms with E-state index in [1.165, 1.54) is 22.6 Å². The summed E-state index contributed by atoms with van der Waals surface area (Å²) in [5.41, 5.74) is 2.84. The highest BCUT2D eigenvalue weighted by Crippen LogP contribution is 2.22. The monoisotopic (exact) mass is 451 g/mol. The summed E-state index contributed by atoms with van der Waals surface area (Å²) in [6, 6.07) is 15.4. The van der Waals surface area contributed by atoms with Crippen LogP contribution in [-0.4, -0.2) is 23.0 Å². The molecule has 0 unspecified atom stereocenters. The molecule has 0 saturated carbocycles. The maximum absolute atomic E-state index is 11.3. The zero-order chi connectivity index (χ0) is 18.1. The van der Waals surface area contributed by atoms with Gasteiger partial charge in [-0.25, -0.2) is 9.59 Å². The summed E-state index contributed by atoms with van der Waals surface area (Å²) >= 11 is 1.49. The Balaban J connectivity index is 1.78. The van der Waals surface area contributed by atoms with Gasteiger partial charge >= 0.3 is 32.4 Å². The third kappa shape index (κ3) is 6.34. The molecule has 0 radical (unpaired) electrons. The van der Waals surface area contributed by atoms with Crippen LogP contribution in [0, 0.1) is 0 Å². The number of carbonyl (C=O) groups excluding carboxylic acids is 2. The standard InChI is InChI=1S/C20H20IO4/c1-2-19(22)25-14-4-3-13-24-18-11-9-16(10-12-18)15-5-7-17(8-6-15)20(21)23/h2,5-12,21H,1,3-4,13-14H2/q+1. The lowest BCUT2D eigenvalue weighted by Crippen LogP contribution is -3.38. The van der Waals surface area contributed by atoms with Gasteiger partial charge in [0.1, 0.15) is 5.75 Å². The van der Waals surface area contributed by atoms with E-state index in [1.807, 2.05) is 48.5 Å². The Morgan fingerprint density at radius 3 is 2.04 bits per heavy atom. The number of hydrogen-bond acceptors (Lipinski definition) is 4. The van der Waals surface area contributed by atoms with Crippen LogP contribution in [0.15, 0.2) is 61.2 Å². The number of rotatable bonds is 9. The molecule has 5 heteroatoms. The smallest absolute Gasteiger partial charge is 0.391 e. The molecule has 0 atom stereocenters. The molecular weight excluding hydrogens is 431 g/mol. The Bertz CT molecular complexity index is 720. The van der Waals surface area contributed by atoms with Crippen molar-refractivity contribution in [3.8, 4) is 16.9 Å². The molecule has 0 aliphatic carbocycles. The summed E-state index contributed by atoms with van der Waals surface area (Å²) in [7, 11) is 0. The summed E-state index contributed by atoms with van der Waals surface area (Å²) < 4.78 is 10.6. The fourth-order valence-corrected chi connectivity index (χ4v) is 2.56. The SMILES string of the molecule is C=CC(=O)OCCCCOc1ccc(-c2ccc(C(=O)[IH+])cc2)cc1. The van der Waals surface area contributed by atoms with Crippen LogP contribution in [0.4, 0.5) is 0 Å². The first-order chi connectivity index (χ1) is 12.1. The van der Waals surface area contributed by atoms with Crippen LogP contribution >= 0.6 is 0 Å². The summed E-state index contributed by atoms with van der Waals surface area (Å²) in [6.45, 7) is 4.29. The molecule has 2 rings (SSSR count). The highest BCUT2D eigenvalue weighted by atomic mass is 127. The second-order valence-electron chi connectivity index (χ2n) is 5.32. The molecule has 0 heterocycles. The maximum Gasteiger partial charge on any atom is 0.391 e. The van der Waals surface area contributed by atoms with Gasteiger partial charge in [0.2, 0.25) is 0 Å². The number of benzene rings is 2. The van der Waals surface area contributed by atoms with Crippen molar-refractivity contribution in [1.82, 2.24) is 0 Å². The Hall–Kier alpha value is -2.15. The minimum absolute atomic E-state index is 0.0744. The van der Waals surface area contributed by atoms with Gasteiger partial charge in [-0.2, -0.15) is 0 Å². The molecule has 0 N–H and O–H groups in total. The van der Waals surface area contributed by atoms with E-state index in [0.29, 0.717) is 18.8 Å². The van der Waals surface area contributed by atoms with Crippen LogP contribution in [0.1, 0.15) is 23.2 Å². The Labute approximate surface area is 161 Å². The predicted octanol–water partition coefficient (Wildman–Crippen LogP) is 0.668. The molecule has 0 aliphatic rings. The minimum atomic E-state index is -0.395. The highest BCUT2D eigenvalue weighted by molar-refractivity contribution is 5.86. The van der Waals surface area contributed by atoms with Gasteiger partial charge in [0.05, 0.1) is 18.8 Å². The molecule has 0 aliphatic heterocycles. The summed E-state index contributed by atoms with van der Waals surface area (Å²) in [5, 5.41) is 0. The van der Waals surface area contributed by atoms with Gasteiger partial charge in [0.25, 0.3) is 0 Å². The highest BCUT2D eigenvalue weighted by Gasteiger charge is 2.09. The van der Waals surface area contributed by atoms with E-state index in [9.17, 15) is 9.59 Å². The number of halogens is 1. The van der Waals surface area contributed by atoms with E-state index < -0.39 is 5.97 Å². The van der Waals surface area contributed by atoms with Crippen molar-refractivity contribution in [3.05, 3.63) is 66.7 Å². The van der Waals surface area contributed by atoms with Gasteiger partial charge < -0.3 is 9.47 Å². The Kier molecular flexibility index (Phi) is 7.66. The maximum atomic E-state index is 11.3. The third-order valence-electron chi connectivity index (χ3n) is 3.53. The van der Waals surface area contributed by atoms with Crippen LogP contribution < -0.4 is 27.3 Å². The van der Waals surface area contributed by atoms with E-state index >= 15 is 0 Å². The first-order valence-electron chi connectivity index (χ1n) is 7.94. The molecule has 25 heavy (non-hydrogen) atoms. The van der Waals surface area contributed by atoms with Crippen LogP contribution in [0.5, 0.6) is 5.75 Å². The summed E-state index contributed by atoms with van der Waals surface area (Å²) in [5.74, 6) is 0.403. The van der Waals surface area contributed by atoms with E-state index in [2.05, 4.69) is 6.58 Å². The molecule has 0 amide bonds. The topological polar surface area (TPSA) is 52.6 Å². The summed E-state index contributed by atoms with van der Waals surface area (Å²) in [6.07, 6.45) is 2.71. The molecule has 2 aromatic rings. The van der Waals surface area contributed by atoms with Crippen LogP contribution in [0.25, 0.3) is 11.1 Å². The number of carbonyl (C=O) groups is 2.